The summed E-state index contributed by atoms with van der Waals surface area (Å²) in [4.78, 5) is 8.79. The zero-order valence-electron chi connectivity index (χ0n) is 13.5. The Balaban J connectivity index is 1.81. The number of aliphatic imine (C=N–C) groups is 1. The molecule has 0 saturated carbocycles. The van der Waals surface area contributed by atoms with Crippen LogP contribution in [-0.2, 0) is 19.5 Å². The van der Waals surface area contributed by atoms with Gasteiger partial charge in [-0.15, -0.1) is 11.3 Å². The number of guanidine groups is 1. The Bertz CT molecular complexity index is 617. The summed E-state index contributed by atoms with van der Waals surface area (Å²) in [5, 5.41) is 13.6. The average Bonchev–Trinajstić information content (AvgIpc) is 3.16. The molecule has 2 aromatic heterocycles. The van der Waals surface area contributed by atoms with Crippen molar-refractivity contribution in [3.63, 3.8) is 0 Å². The van der Waals surface area contributed by atoms with E-state index in [9.17, 15) is 0 Å². The van der Waals surface area contributed by atoms with Crippen molar-refractivity contribution in [1.82, 2.24) is 20.8 Å². The van der Waals surface area contributed by atoms with E-state index in [0.717, 1.165) is 34.5 Å². The molecule has 0 radical (unpaired) electrons. The van der Waals surface area contributed by atoms with Crippen LogP contribution in [0.25, 0.3) is 0 Å². The Kier molecular flexibility index (Phi) is 5.94. The van der Waals surface area contributed by atoms with Gasteiger partial charge < -0.3 is 15.2 Å². The Hall–Kier alpha value is -1.89. The molecule has 0 spiro atoms. The van der Waals surface area contributed by atoms with Gasteiger partial charge in [-0.25, -0.2) is 4.98 Å². The molecule has 0 aromatic carbocycles. The highest BCUT2D eigenvalue weighted by Gasteiger charge is 2.07. The number of nitrogens with zero attached hydrogens (tertiary/aromatic N) is 3. The second-order valence-corrected chi connectivity index (χ2v) is 6.18. The molecule has 0 aliphatic heterocycles. The van der Waals surface area contributed by atoms with Crippen LogP contribution in [0.2, 0.25) is 0 Å². The summed E-state index contributed by atoms with van der Waals surface area (Å²) in [6.07, 6.45) is 0.874. The van der Waals surface area contributed by atoms with E-state index in [2.05, 4.69) is 51.9 Å². The van der Waals surface area contributed by atoms with Gasteiger partial charge in [0, 0.05) is 18.5 Å². The maximum atomic E-state index is 5.24. The smallest absolute Gasteiger partial charge is 0.191 e. The van der Waals surface area contributed by atoms with Crippen molar-refractivity contribution in [2.24, 2.45) is 4.99 Å². The first kappa shape index (κ1) is 16.5. The largest absolute Gasteiger partial charge is 0.359 e. The lowest BCUT2D eigenvalue weighted by Crippen LogP contribution is -2.36. The molecule has 0 unspecified atom stereocenters. The topological polar surface area (TPSA) is 75.3 Å². The number of nitrogens with one attached hydrogen (secondary N) is 2. The number of hydrogen-bond acceptors (Lipinski definition) is 5. The Labute approximate surface area is 135 Å². The minimum absolute atomic E-state index is 0.460. The molecule has 0 fully saturated rings. The van der Waals surface area contributed by atoms with E-state index in [0.29, 0.717) is 19.0 Å². The van der Waals surface area contributed by atoms with E-state index in [-0.39, 0.29) is 0 Å². The molecule has 2 rings (SSSR count). The van der Waals surface area contributed by atoms with Crippen LogP contribution in [0.4, 0.5) is 0 Å². The zero-order valence-corrected chi connectivity index (χ0v) is 14.3. The summed E-state index contributed by atoms with van der Waals surface area (Å²) in [5.41, 5.74) is 2.10. The van der Waals surface area contributed by atoms with Crippen molar-refractivity contribution < 1.29 is 4.52 Å². The lowest BCUT2D eigenvalue weighted by atomic mass is 10.2. The van der Waals surface area contributed by atoms with Crippen molar-refractivity contribution in [3.05, 3.63) is 33.6 Å². The van der Waals surface area contributed by atoms with E-state index in [1.165, 1.54) is 0 Å². The SMILES string of the molecule is CCc1cc(CNC(=NC)NCc2nc(C(C)C)cs2)on1. The van der Waals surface area contributed by atoms with Crippen LogP contribution >= 0.6 is 11.3 Å². The molecular formula is C15H23N5OS. The minimum atomic E-state index is 0.460. The second kappa shape index (κ2) is 7.93. The first-order chi connectivity index (χ1) is 10.6. The molecule has 6 nitrogen and oxygen atoms in total. The van der Waals surface area contributed by atoms with Crippen LogP contribution < -0.4 is 10.6 Å². The van der Waals surface area contributed by atoms with E-state index >= 15 is 0 Å². The van der Waals surface area contributed by atoms with Crippen LogP contribution in [0, 0.1) is 0 Å². The van der Waals surface area contributed by atoms with Crippen molar-refractivity contribution in [2.75, 3.05) is 7.05 Å². The summed E-state index contributed by atoms with van der Waals surface area (Å²) >= 11 is 1.67. The van der Waals surface area contributed by atoms with Gasteiger partial charge in [0.25, 0.3) is 0 Å². The van der Waals surface area contributed by atoms with Crippen LogP contribution in [0.3, 0.4) is 0 Å². The highest BCUT2D eigenvalue weighted by Crippen LogP contribution is 2.17. The summed E-state index contributed by atoms with van der Waals surface area (Å²) < 4.78 is 5.24. The average molecular weight is 321 g/mol. The van der Waals surface area contributed by atoms with Crippen molar-refractivity contribution in [1.29, 1.82) is 0 Å². The predicted molar refractivity (Wildman–Crippen MR) is 89.1 cm³/mol. The Morgan fingerprint density at radius 1 is 1.36 bits per heavy atom. The normalized spacial score (nSPS) is 12.0. The monoisotopic (exact) mass is 321 g/mol. The predicted octanol–water partition coefficient (Wildman–Crippen LogP) is 2.68. The molecule has 0 bridgehead atoms. The lowest BCUT2D eigenvalue weighted by molar-refractivity contribution is 0.374. The van der Waals surface area contributed by atoms with Crippen LogP contribution in [0.1, 0.15) is 48.8 Å². The molecule has 0 saturated heterocycles. The molecule has 2 heterocycles. The fourth-order valence-corrected chi connectivity index (χ4v) is 2.72. The third kappa shape index (κ3) is 4.56. The molecule has 0 amide bonds. The molecule has 2 N–H and O–H groups in total. The van der Waals surface area contributed by atoms with Gasteiger partial charge in [-0.05, 0) is 12.3 Å². The molecule has 120 valence electrons. The summed E-state index contributed by atoms with van der Waals surface area (Å²) in [6.45, 7) is 7.56. The van der Waals surface area contributed by atoms with E-state index in [1.54, 1.807) is 18.4 Å². The van der Waals surface area contributed by atoms with Gasteiger partial charge in [0.05, 0.1) is 24.5 Å². The van der Waals surface area contributed by atoms with Crippen molar-refractivity contribution in [2.45, 2.75) is 46.2 Å². The van der Waals surface area contributed by atoms with Gasteiger partial charge in [-0.1, -0.05) is 25.9 Å². The molecule has 22 heavy (non-hydrogen) atoms. The number of aromatic nitrogens is 2. The van der Waals surface area contributed by atoms with Gasteiger partial charge in [-0.2, -0.15) is 0 Å². The second-order valence-electron chi connectivity index (χ2n) is 5.24. The van der Waals surface area contributed by atoms with Gasteiger partial charge in [-0.3, -0.25) is 4.99 Å². The number of rotatable bonds is 6. The highest BCUT2D eigenvalue weighted by atomic mass is 32.1. The van der Waals surface area contributed by atoms with Crippen molar-refractivity contribution >= 4 is 17.3 Å². The first-order valence-electron chi connectivity index (χ1n) is 7.45. The molecule has 0 aliphatic rings. The highest BCUT2D eigenvalue weighted by molar-refractivity contribution is 7.09. The number of thiazole rings is 1. The summed E-state index contributed by atoms with van der Waals surface area (Å²) in [5.74, 6) is 1.98. The van der Waals surface area contributed by atoms with Crippen molar-refractivity contribution in [3.8, 4) is 0 Å². The van der Waals surface area contributed by atoms with Gasteiger partial charge in [0.15, 0.2) is 11.7 Å². The zero-order chi connectivity index (χ0) is 15.9. The van der Waals surface area contributed by atoms with E-state index in [1.807, 2.05) is 6.07 Å². The molecule has 7 heteroatoms. The fraction of sp³-hybridized carbons (Fsp3) is 0.533. The van der Waals surface area contributed by atoms with Gasteiger partial charge >= 0.3 is 0 Å². The molecule has 0 atom stereocenters. The van der Waals surface area contributed by atoms with Crippen LogP contribution in [-0.4, -0.2) is 23.1 Å². The van der Waals surface area contributed by atoms with Crippen LogP contribution in [0.15, 0.2) is 21.0 Å². The van der Waals surface area contributed by atoms with Crippen LogP contribution in [0.5, 0.6) is 0 Å². The van der Waals surface area contributed by atoms with E-state index < -0.39 is 0 Å². The first-order valence-corrected chi connectivity index (χ1v) is 8.33. The quantitative estimate of drug-likeness (QED) is 0.632. The maximum Gasteiger partial charge on any atom is 0.191 e. The van der Waals surface area contributed by atoms with Gasteiger partial charge in [0.2, 0.25) is 0 Å². The standard InChI is InChI=1S/C15H23N5OS/c1-5-11-6-12(21-20-11)7-17-15(16-4)18-8-14-19-13(9-22-14)10(2)3/h6,9-10H,5,7-8H2,1-4H3,(H2,16,17,18). The molecular weight excluding hydrogens is 298 g/mol. The minimum Gasteiger partial charge on any atom is -0.359 e. The maximum absolute atomic E-state index is 5.24. The lowest BCUT2D eigenvalue weighted by Gasteiger charge is -2.09. The molecule has 0 aliphatic carbocycles. The van der Waals surface area contributed by atoms with E-state index in [4.69, 9.17) is 4.52 Å². The Morgan fingerprint density at radius 2 is 2.14 bits per heavy atom. The number of hydrogen-bond donors (Lipinski definition) is 2. The third-order valence-corrected chi connectivity index (χ3v) is 4.06. The third-order valence-electron chi connectivity index (χ3n) is 3.19. The summed E-state index contributed by atoms with van der Waals surface area (Å²) in [6, 6.07) is 1.95. The summed E-state index contributed by atoms with van der Waals surface area (Å²) in [7, 11) is 1.74. The number of aryl methyl sites for hydroxylation is 1. The van der Waals surface area contributed by atoms with Gasteiger partial charge in [0.1, 0.15) is 5.01 Å². The Morgan fingerprint density at radius 3 is 2.73 bits per heavy atom. The fourth-order valence-electron chi connectivity index (χ4n) is 1.83. The molecule has 2 aromatic rings.